The monoisotopic (exact) mass is 410 g/mol. The molecule has 0 saturated carbocycles. The van der Waals surface area contributed by atoms with Crippen molar-refractivity contribution in [3.05, 3.63) is 50.4 Å². The van der Waals surface area contributed by atoms with Crippen molar-refractivity contribution in [2.75, 3.05) is 11.9 Å². The molecule has 0 spiro atoms. The fourth-order valence-corrected chi connectivity index (χ4v) is 5.03. The second-order valence-corrected chi connectivity index (χ2v) is 8.24. The van der Waals surface area contributed by atoms with E-state index in [1.165, 1.54) is 16.2 Å². The van der Waals surface area contributed by atoms with Crippen molar-refractivity contribution in [2.45, 2.75) is 32.2 Å². The molecule has 29 heavy (non-hydrogen) atoms. The predicted octanol–water partition coefficient (Wildman–Crippen LogP) is 2.12. The Morgan fingerprint density at radius 3 is 3.00 bits per heavy atom. The van der Waals surface area contributed by atoms with Gasteiger partial charge in [-0.25, -0.2) is 4.98 Å². The first kappa shape index (κ1) is 17.9. The number of aromatic amines is 1. The summed E-state index contributed by atoms with van der Waals surface area (Å²) in [6.07, 6.45) is 4.07. The van der Waals surface area contributed by atoms with Crippen molar-refractivity contribution in [1.29, 1.82) is 0 Å². The number of hydrogen-bond acceptors (Lipinski definition) is 6. The number of aryl methyl sites for hydroxylation is 2. The van der Waals surface area contributed by atoms with Crippen molar-refractivity contribution < 1.29 is 14.3 Å². The largest absolute Gasteiger partial charge is 0.482 e. The van der Waals surface area contributed by atoms with E-state index in [2.05, 4.69) is 20.6 Å². The summed E-state index contributed by atoms with van der Waals surface area (Å²) in [5.74, 6) is -0.0578. The zero-order valence-electron chi connectivity index (χ0n) is 15.5. The van der Waals surface area contributed by atoms with E-state index in [0.29, 0.717) is 21.7 Å². The molecule has 8 nitrogen and oxygen atoms in total. The lowest BCUT2D eigenvalue weighted by Gasteiger charge is -2.18. The molecule has 2 aromatic heterocycles. The molecule has 0 radical (unpaired) electrons. The lowest BCUT2D eigenvalue weighted by Crippen LogP contribution is -2.28. The number of hydrogen-bond donors (Lipinski definition) is 3. The Bertz CT molecular complexity index is 1210. The molecule has 0 fully saturated rings. The van der Waals surface area contributed by atoms with Gasteiger partial charge in [0.15, 0.2) is 6.61 Å². The predicted molar refractivity (Wildman–Crippen MR) is 109 cm³/mol. The van der Waals surface area contributed by atoms with Crippen molar-refractivity contribution in [1.82, 2.24) is 15.3 Å². The maximum Gasteiger partial charge on any atom is 0.287 e. The number of nitrogens with zero attached hydrogens (tertiary/aromatic N) is 1. The maximum atomic E-state index is 12.6. The van der Waals surface area contributed by atoms with Gasteiger partial charge in [0, 0.05) is 11.4 Å². The van der Waals surface area contributed by atoms with Gasteiger partial charge in [-0.05, 0) is 48.9 Å². The van der Waals surface area contributed by atoms with Gasteiger partial charge < -0.3 is 20.4 Å². The van der Waals surface area contributed by atoms with Crippen molar-refractivity contribution in [3.8, 4) is 5.75 Å². The number of anilines is 1. The second kappa shape index (κ2) is 7.00. The van der Waals surface area contributed by atoms with Crippen LogP contribution in [0.2, 0.25) is 0 Å². The number of thiophene rings is 1. The summed E-state index contributed by atoms with van der Waals surface area (Å²) >= 11 is 1.51. The highest BCUT2D eigenvalue weighted by Crippen LogP contribution is 2.33. The van der Waals surface area contributed by atoms with Crippen LogP contribution in [0.25, 0.3) is 10.2 Å². The molecule has 0 bridgehead atoms. The number of carbonyl (C=O) groups is 2. The summed E-state index contributed by atoms with van der Waals surface area (Å²) in [6, 6.07) is 5.29. The van der Waals surface area contributed by atoms with Crippen LogP contribution in [-0.4, -0.2) is 28.4 Å². The molecule has 5 rings (SSSR count). The Labute approximate surface area is 169 Å². The SMILES string of the molecule is O=C1COc2cc(CNC(=O)c3nc4sc5c(c4c(=O)[nH]3)CCCC5)ccc2N1. The third-order valence-electron chi connectivity index (χ3n) is 5.17. The molecular formula is C20H18N4O4S. The van der Waals surface area contributed by atoms with Gasteiger partial charge in [-0.1, -0.05) is 6.07 Å². The van der Waals surface area contributed by atoms with E-state index in [9.17, 15) is 14.4 Å². The molecule has 1 aromatic carbocycles. The van der Waals surface area contributed by atoms with Crippen LogP contribution in [0.15, 0.2) is 23.0 Å². The summed E-state index contributed by atoms with van der Waals surface area (Å²) in [4.78, 5) is 45.4. The van der Waals surface area contributed by atoms with E-state index < -0.39 is 5.91 Å². The molecule has 1 aliphatic carbocycles. The molecule has 3 aromatic rings. The number of rotatable bonds is 3. The van der Waals surface area contributed by atoms with Gasteiger partial charge in [-0.3, -0.25) is 14.4 Å². The average Bonchev–Trinajstić information content (AvgIpc) is 3.11. The standard InChI is InChI=1S/C20H18N4O4S/c25-15-9-28-13-7-10(5-6-12(13)22-15)8-21-19(27)17-23-18(26)16-11-3-1-2-4-14(11)29-20(16)24-17/h5-7H,1-4,8-9H2,(H,21,27)(H,22,25)(H,23,24,26). The fourth-order valence-electron chi connectivity index (χ4n) is 3.77. The normalized spacial score (nSPS) is 15.2. The van der Waals surface area contributed by atoms with Crippen LogP contribution < -0.4 is 20.9 Å². The minimum Gasteiger partial charge on any atom is -0.482 e. The number of nitrogens with one attached hydrogen (secondary N) is 3. The highest BCUT2D eigenvalue weighted by molar-refractivity contribution is 7.18. The van der Waals surface area contributed by atoms with E-state index in [4.69, 9.17) is 4.74 Å². The van der Waals surface area contributed by atoms with Gasteiger partial charge in [0.05, 0.1) is 11.1 Å². The first-order valence-electron chi connectivity index (χ1n) is 9.47. The number of fused-ring (bicyclic) bond motifs is 4. The molecular weight excluding hydrogens is 392 g/mol. The lowest BCUT2D eigenvalue weighted by atomic mass is 9.97. The summed E-state index contributed by atoms with van der Waals surface area (Å²) in [7, 11) is 0. The molecule has 148 valence electrons. The second-order valence-electron chi connectivity index (χ2n) is 7.16. The van der Waals surface area contributed by atoms with E-state index in [-0.39, 0.29) is 30.4 Å². The van der Waals surface area contributed by atoms with Gasteiger partial charge in [0.1, 0.15) is 10.6 Å². The smallest absolute Gasteiger partial charge is 0.287 e. The Kier molecular flexibility index (Phi) is 4.31. The number of H-pyrrole nitrogens is 1. The van der Waals surface area contributed by atoms with Gasteiger partial charge in [0.25, 0.3) is 17.4 Å². The third-order valence-corrected chi connectivity index (χ3v) is 6.36. The fraction of sp³-hybridized carbons (Fsp3) is 0.300. The molecule has 3 N–H and O–H groups in total. The van der Waals surface area contributed by atoms with E-state index in [1.54, 1.807) is 18.2 Å². The molecule has 0 atom stereocenters. The number of amides is 2. The summed E-state index contributed by atoms with van der Waals surface area (Å²) in [5.41, 5.74) is 2.26. The molecule has 1 aliphatic heterocycles. The van der Waals surface area contributed by atoms with Gasteiger partial charge in [-0.2, -0.15) is 0 Å². The van der Waals surface area contributed by atoms with E-state index in [0.717, 1.165) is 36.8 Å². The Morgan fingerprint density at radius 1 is 1.24 bits per heavy atom. The van der Waals surface area contributed by atoms with E-state index >= 15 is 0 Å². The zero-order valence-corrected chi connectivity index (χ0v) is 16.3. The van der Waals surface area contributed by atoms with Crippen molar-refractivity contribution in [2.24, 2.45) is 0 Å². The van der Waals surface area contributed by atoms with Crippen LogP contribution in [-0.2, 0) is 24.2 Å². The number of aromatic nitrogens is 2. The van der Waals surface area contributed by atoms with Crippen LogP contribution in [0.3, 0.4) is 0 Å². The minimum absolute atomic E-state index is 0.0163. The highest BCUT2D eigenvalue weighted by atomic mass is 32.1. The Balaban J connectivity index is 1.35. The Hall–Kier alpha value is -3.20. The quantitative estimate of drug-likeness (QED) is 0.612. The average molecular weight is 410 g/mol. The molecule has 0 unspecified atom stereocenters. The van der Waals surface area contributed by atoms with E-state index in [1.807, 2.05) is 0 Å². The van der Waals surface area contributed by atoms with Crippen LogP contribution in [0, 0.1) is 0 Å². The number of benzene rings is 1. The Morgan fingerprint density at radius 2 is 2.10 bits per heavy atom. The molecule has 2 amide bonds. The maximum absolute atomic E-state index is 12.6. The van der Waals surface area contributed by atoms with Crippen LogP contribution in [0.5, 0.6) is 5.75 Å². The summed E-state index contributed by atoms with van der Waals surface area (Å²) in [5, 5.41) is 6.13. The summed E-state index contributed by atoms with van der Waals surface area (Å²) < 4.78 is 5.39. The first-order chi connectivity index (χ1) is 14.1. The lowest BCUT2D eigenvalue weighted by molar-refractivity contribution is -0.118. The molecule has 9 heteroatoms. The van der Waals surface area contributed by atoms with Crippen LogP contribution in [0.1, 0.15) is 39.5 Å². The van der Waals surface area contributed by atoms with Gasteiger partial charge in [0.2, 0.25) is 5.82 Å². The molecule has 2 aliphatic rings. The van der Waals surface area contributed by atoms with Crippen molar-refractivity contribution in [3.63, 3.8) is 0 Å². The third kappa shape index (κ3) is 3.27. The minimum atomic E-state index is -0.442. The van der Waals surface area contributed by atoms with Gasteiger partial charge in [-0.15, -0.1) is 11.3 Å². The molecule has 3 heterocycles. The van der Waals surface area contributed by atoms with Crippen LogP contribution >= 0.6 is 11.3 Å². The van der Waals surface area contributed by atoms with Crippen LogP contribution in [0.4, 0.5) is 5.69 Å². The number of carbonyl (C=O) groups excluding carboxylic acids is 2. The van der Waals surface area contributed by atoms with Crippen molar-refractivity contribution >= 4 is 39.1 Å². The number of ether oxygens (including phenoxy) is 1. The van der Waals surface area contributed by atoms with Gasteiger partial charge >= 0.3 is 0 Å². The first-order valence-corrected chi connectivity index (χ1v) is 10.3. The zero-order chi connectivity index (χ0) is 20.0. The summed E-state index contributed by atoms with van der Waals surface area (Å²) in [6.45, 7) is 0.213. The molecule has 0 saturated heterocycles. The highest BCUT2D eigenvalue weighted by Gasteiger charge is 2.21. The topological polar surface area (TPSA) is 113 Å².